The number of rotatable bonds is 5. The molecule has 0 atom stereocenters. The summed E-state index contributed by atoms with van der Waals surface area (Å²) in [7, 11) is 4.65. The van der Waals surface area contributed by atoms with Crippen LogP contribution >= 0.6 is 11.3 Å². The van der Waals surface area contributed by atoms with Crippen LogP contribution in [0.3, 0.4) is 0 Å². The number of aromatic amines is 1. The van der Waals surface area contributed by atoms with Crippen LogP contribution in [0.5, 0.6) is 23.1 Å². The maximum atomic E-state index is 11.4. The molecule has 0 spiro atoms. The van der Waals surface area contributed by atoms with Gasteiger partial charge in [-0.15, -0.1) is 0 Å². The lowest BCUT2D eigenvalue weighted by Crippen LogP contribution is -2.07. The van der Waals surface area contributed by atoms with Crippen LogP contribution in [0.4, 0.5) is 5.69 Å². The van der Waals surface area contributed by atoms with Gasteiger partial charge in [0.15, 0.2) is 17.3 Å². The van der Waals surface area contributed by atoms with Gasteiger partial charge in [-0.05, 0) is 35.6 Å². The number of methoxy groups -OCH3 is 3. The monoisotopic (exact) mass is 411 g/mol. The number of hydrogen-bond acceptors (Lipinski definition) is 8. The quantitative estimate of drug-likeness (QED) is 0.665. The second-order valence-corrected chi connectivity index (χ2v) is 7.10. The van der Waals surface area contributed by atoms with Crippen molar-refractivity contribution in [1.82, 2.24) is 4.98 Å². The number of aromatic nitrogens is 1. The number of ether oxygens (including phenoxy) is 3. The fourth-order valence-electron chi connectivity index (χ4n) is 2.99. The molecule has 0 radical (unpaired) electrons. The summed E-state index contributed by atoms with van der Waals surface area (Å²) in [4.78, 5) is 23.0. The molecule has 0 bridgehead atoms. The molecule has 1 aromatic heterocycles. The number of aromatic hydroxyl groups is 1. The Morgan fingerprint density at radius 2 is 1.76 bits per heavy atom. The van der Waals surface area contributed by atoms with Crippen molar-refractivity contribution in [3.05, 3.63) is 61.0 Å². The predicted molar refractivity (Wildman–Crippen MR) is 110 cm³/mol. The smallest absolute Gasteiger partial charge is 0.307 e. The number of fused-ring (bicyclic) bond motifs is 1. The molecule has 1 aliphatic rings. The summed E-state index contributed by atoms with van der Waals surface area (Å²) in [5.41, 5.74) is 1.41. The molecule has 0 fully saturated rings. The summed E-state index contributed by atoms with van der Waals surface area (Å²) in [6.07, 6.45) is 1.71. The Kier molecular flexibility index (Phi) is 4.81. The van der Waals surface area contributed by atoms with Gasteiger partial charge in [-0.3, -0.25) is 9.78 Å². The van der Waals surface area contributed by atoms with Crippen molar-refractivity contribution in [1.29, 1.82) is 0 Å². The zero-order valence-electron chi connectivity index (χ0n) is 15.8. The summed E-state index contributed by atoms with van der Waals surface area (Å²) < 4.78 is 16.1. The molecule has 2 heterocycles. The first-order valence-corrected chi connectivity index (χ1v) is 9.35. The number of hydrogen-bond donors (Lipinski definition) is 2. The summed E-state index contributed by atoms with van der Waals surface area (Å²) in [6.45, 7) is 0. The third-order valence-electron chi connectivity index (χ3n) is 4.33. The minimum absolute atomic E-state index is 0.146. The summed E-state index contributed by atoms with van der Waals surface area (Å²) in [5, 5.41) is 11.3. The van der Waals surface area contributed by atoms with Crippen molar-refractivity contribution in [2.24, 2.45) is 9.98 Å². The van der Waals surface area contributed by atoms with E-state index in [9.17, 15) is 9.90 Å². The molecular formula is C20H17N3O5S. The molecule has 0 saturated heterocycles. The zero-order chi connectivity index (χ0) is 20.5. The molecule has 0 amide bonds. The number of nitrogens with one attached hydrogen (secondary N) is 1. The number of H-pyrrole nitrogens is 1. The molecule has 0 aliphatic carbocycles. The predicted octanol–water partition coefficient (Wildman–Crippen LogP) is 1.71. The van der Waals surface area contributed by atoms with Crippen LogP contribution in [-0.2, 0) is 0 Å². The highest BCUT2D eigenvalue weighted by Crippen LogP contribution is 2.38. The van der Waals surface area contributed by atoms with E-state index in [0.29, 0.717) is 33.6 Å². The van der Waals surface area contributed by atoms with Crippen LogP contribution in [0.15, 0.2) is 45.1 Å². The normalized spacial score (nSPS) is 12.9. The second kappa shape index (κ2) is 7.44. The lowest BCUT2D eigenvalue weighted by molar-refractivity contribution is 0.324. The average molecular weight is 411 g/mol. The van der Waals surface area contributed by atoms with Crippen LogP contribution in [0.1, 0.15) is 10.4 Å². The minimum atomic E-state index is -0.312. The van der Waals surface area contributed by atoms with Crippen molar-refractivity contribution < 1.29 is 19.3 Å². The highest BCUT2D eigenvalue weighted by atomic mass is 32.1. The van der Waals surface area contributed by atoms with E-state index in [4.69, 9.17) is 14.2 Å². The first kappa shape index (κ1) is 18.8. The SMILES string of the molecule is COc1cc(C2=Nc3c/c(=C/c4sc(=O)[nH]c4O)ccc3=N2)cc(OC)c1OC. The molecule has 148 valence electrons. The maximum absolute atomic E-state index is 11.4. The van der Waals surface area contributed by atoms with Gasteiger partial charge < -0.3 is 19.3 Å². The molecule has 8 nitrogen and oxygen atoms in total. The standard InChI is InChI=1S/C20H17N3O5S/c1-26-14-8-11(9-15(27-2)17(14)28-3)18-21-12-5-4-10(6-13(12)22-18)7-16-19(24)23-20(25)29-16/h4-9,24H,1-3H3,(H,23,25)/b10-7+. The number of aliphatic imine (C=N–C) groups is 1. The van der Waals surface area contributed by atoms with Gasteiger partial charge in [-0.1, -0.05) is 17.4 Å². The molecule has 0 unspecified atom stereocenters. The van der Waals surface area contributed by atoms with Crippen molar-refractivity contribution in [3.63, 3.8) is 0 Å². The molecule has 2 aromatic carbocycles. The van der Waals surface area contributed by atoms with Gasteiger partial charge in [0.05, 0.1) is 37.3 Å². The highest BCUT2D eigenvalue weighted by molar-refractivity contribution is 7.10. The average Bonchev–Trinajstić information content (AvgIpc) is 3.28. The first-order chi connectivity index (χ1) is 14.0. The molecule has 1 aliphatic heterocycles. The van der Waals surface area contributed by atoms with E-state index in [-0.39, 0.29) is 10.8 Å². The maximum Gasteiger partial charge on any atom is 0.307 e. The Labute approximate surface area is 169 Å². The van der Waals surface area contributed by atoms with E-state index >= 15 is 0 Å². The first-order valence-electron chi connectivity index (χ1n) is 8.54. The molecular weight excluding hydrogens is 394 g/mol. The van der Waals surface area contributed by atoms with Crippen molar-refractivity contribution in [3.8, 4) is 23.1 Å². The van der Waals surface area contributed by atoms with Crippen molar-refractivity contribution in [2.75, 3.05) is 21.3 Å². The Hall–Kier alpha value is -3.59. The van der Waals surface area contributed by atoms with Gasteiger partial charge in [-0.25, -0.2) is 9.98 Å². The van der Waals surface area contributed by atoms with Gasteiger partial charge in [0.25, 0.3) is 0 Å². The summed E-state index contributed by atoms with van der Waals surface area (Å²) >= 11 is 0.936. The number of nitrogens with zero attached hydrogens (tertiary/aromatic N) is 2. The number of amidine groups is 1. The Morgan fingerprint density at radius 3 is 2.34 bits per heavy atom. The zero-order valence-corrected chi connectivity index (χ0v) is 16.7. The fraction of sp³-hybridized carbons (Fsp3) is 0.150. The van der Waals surface area contributed by atoms with Crippen LogP contribution in [0.25, 0.3) is 6.08 Å². The second-order valence-electron chi connectivity index (χ2n) is 6.08. The Balaban J connectivity index is 1.77. The number of benzene rings is 2. The van der Waals surface area contributed by atoms with Gasteiger partial charge in [0, 0.05) is 5.56 Å². The van der Waals surface area contributed by atoms with Crippen LogP contribution in [-0.4, -0.2) is 37.3 Å². The topological polar surface area (TPSA) is 106 Å². The van der Waals surface area contributed by atoms with Crippen LogP contribution < -0.4 is 29.7 Å². The largest absolute Gasteiger partial charge is 0.493 e. The fourth-order valence-corrected chi connectivity index (χ4v) is 3.68. The van der Waals surface area contributed by atoms with E-state index in [1.807, 2.05) is 18.2 Å². The van der Waals surface area contributed by atoms with E-state index in [1.165, 1.54) is 0 Å². The van der Waals surface area contributed by atoms with Crippen LogP contribution in [0.2, 0.25) is 0 Å². The Bertz CT molecular complexity index is 1280. The highest BCUT2D eigenvalue weighted by Gasteiger charge is 2.18. The summed E-state index contributed by atoms with van der Waals surface area (Å²) in [5.74, 6) is 1.90. The van der Waals surface area contributed by atoms with Crippen molar-refractivity contribution in [2.45, 2.75) is 0 Å². The third-order valence-corrected chi connectivity index (χ3v) is 5.15. The number of thiazole rings is 1. The molecule has 0 saturated carbocycles. The minimum Gasteiger partial charge on any atom is -0.493 e. The van der Waals surface area contributed by atoms with E-state index < -0.39 is 0 Å². The van der Waals surface area contributed by atoms with Gasteiger partial charge in [0.1, 0.15) is 0 Å². The molecule has 29 heavy (non-hydrogen) atoms. The van der Waals surface area contributed by atoms with Gasteiger partial charge in [-0.2, -0.15) is 0 Å². The van der Waals surface area contributed by atoms with Crippen LogP contribution in [0, 0.1) is 0 Å². The van der Waals surface area contributed by atoms with E-state index in [1.54, 1.807) is 39.5 Å². The van der Waals surface area contributed by atoms with Crippen molar-refractivity contribution >= 4 is 28.9 Å². The molecule has 4 rings (SSSR count). The van der Waals surface area contributed by atoms with E-state index in [0.717, 1.165) is 27.5 Å². The summed E-state index contributed by atoms with van der Waals surface area (Å²) in [6, 6.07) is 9.10. The lowest BCUT2D eigenvalue weighted by Gasteiger charge is -2.13. The third kappa shape index (κ3) is 3.47. The van der Waals surface area contributed by atoms with E-state index in [2.05, 4.69) is 15.0 Å². The molecule has 9 heteroatoms. The Morgan fingerprint density at radius 1 is 1.03 bits per heavy atom. The lowest BCUT2D eigenvalue weighted by atomic mass is 10.1. The molecule has 2 N–H and O–H groups in total. The van der Waals surface area contributed by atoms with Gasteiger partial charge in [0.2, 0.25) is 11.6 Å². The molecule has 3 aromatic rings. The van der Waals surface area contributed by atoms with Gasteiger partial charge >= 0.3 is 4.87 Å².